The van der Waals surface area contributed by atoms with Gasteiger partial charge in [-0.3, -0.25) is 9.59 Å². The van der Waals surface area contributed by atoms with Crippen molar-refractivity contribution in [2.24, 2.45) is 5.92 Å². The summed E-state index contributed by atoms with van der Waals surface area (Å²) in [4.78, 5) is 23.7. The first kappa shape index (κ1) is 13.7. The summed E-state index contributed by atoms with van der Waals surface area (Å²) in [5, 5.41) is 8.66. The second kappa shape index (κ2) is 7.04. The first-order chi connectivity index (χ1) is 7.06. The average molecular weight is 213 g/mol. The van der Waals surface area contributed by atoms with E-state index < -0.39 is 5.97 Å². The van der Waals surface area contributed by atoms with E-state index in [9.17, 15) is 9.59 Å². The number of carbonyl (C=O) groups is 2. The van der Waals surface area contributed by atoms with Crippen LogP contribution in [0.5, 0.6) is 0 Å². The zero-order valence-electron chi connectivity index (χ0n) is 9.40. The van der Waals surface area contributed by atoms with Crippen LogP contribution < -0.4 is 0 Å². The molecule has 0 aromatic carbocycles. The molecule has 15 heavy (non-hydrogen) atoms. The number of rotatable bonds is 7. The van der Waals surface area contributed by atoms with Crippen LogP contribution in [0.2, 0.25) is 0 Å². The number of carboxylic acid groups (broad SMARTS) is 1. The molecule has 0 saturated carbocycles. The summed E-state index contributed by atoms with van der Waals surface area (Å²) in [6.07, 6.45) is 3.02. The van der Waals surface area contributed by atoms with Crippen molar-refractivity contribution < 1.29 is 14.7 Å². The monoisotopic (exact) mass is 213 g/mol. The third-order valence-corrected chi connectivity index (χ3v) is 2.32. The molecule has 0 aromatic heterocycles. The van der Waals surface area contributed by atoms with E-state index in [1.807, 2.05) is 13.8 Å². The smallest absolute Gasteiger partial charge is 0.323 e. The van der Waals surface area contributed by atoms with E-state index in [0.717, 1.165) is 12.8 Å². The zero-order valence-corrected chi connectivity index (χ0v) is 9.40. The number of carboxylic acids is 1. The number of carbonyl (C=O) groups excluding carboxylic acids is 1. The second-order valence-corrected chi connectivity index (χ2v) is 3.41. The van der Waals surface area contributed by atoms with Crippen LogP contribution in [-0.2, 0) is 9.59 Å². The van der Waals surface area contributed by atoms with E-state index in [1.54, 1.807) is 6.08 Å². The summed E-state index contributed by atoms with van der Waals surface area (Å²) >= 11 is 0. The van der Waals surface area contributed by atoms with Gasteiger partial charge in [0.2, 0.25) is 5.91 Å². The molecule has 4 nitrogen and oxygen atoms in total. The normalized spacial score (nSPS) is 10.1. The SMILES string of the molecule is C=CCN(CC(=O)O)C(=O)C(CC)CC. The maximum Gasteiger partial charge on any atom is 0.323 e. The third kappa shape index (κ3) is 4.63. The Balaban J connectivity index is 4.51. The molecule has 0 aliphatic rings. The van der Waals surface area contributed by atoms with Crippen LogP contribution in [0.3, 0.4) is 0 Å². The lowest BCUT2D eigenvalue weighted by atomic mass is 10.0. The second-order valence-electron chi connectivity index (χ2n) is 3.41. The summed E-state index contributed by atoms with van der Waals surface area (Å²) in [6, 6.07) is 0. The highest BCUT2D eigenvalue weighted by Gasteiger charge is 2.22. The van der Waals surface area contributed by atoms with Crippen LogP contribution in [0.25, 0.3) is 0 Å². The van der Waals surface area contributed by atoms with Crippen LogP contribution >= 0.6 is 0 Å². The fraction of sp³-hybridized carbons (Fsp3) is 0.636. The summed E-state index contributed by atoms with van der Waals surface area (Å²) in [6.45, 7) is 7.42. The van der Waals surface area contributed by atoms with Gasteiger partial charge in [0.1, 0.15) is 6.54 Å². The van der Waals surface area contributed by atoms with Crippen LogP contribution in [-0.4, -0.2) is 35.0 Å². The van der Waals surface area contributed by atoms with Gasteiger partial charge in [-0.05, 0) is 12.8 Å². The molecule has 0 heterocycles. The van der Waals surface area contributed by atoms with E-state index in [1.165, 1.54) is 4.90 Å². The molecule has 86 valence electrons. The highest BCUT2D eigenvalue weighted by atomic mass is 16.4. The predicted molar refractivity (Wildman–Crippen MR) is 58.5 cm³/mol. The van der Waals surface area contributed by atoms with Crippen LogP contribution in [0.1, 0.15) is 26.7 Å². The van der Waals surface area contributed by atoms with Gasteiger partial charge in [0.05, 0.1) is 0 Å². The van der Waals surface area contributed by atoms with Crippen molar-refractivity contribution in [2.45, 2.75) is 26.7 Å². The van der Waals surface area contributed by atoms with Gasteiger partial charge in [0.25, 0.3) is 0 Å². The van der Waals surface area contributed by atoms with Gasteiger partial charge >= 0.3 is 5.97 Å². The Morgan fingerprint density at radius 2 is 1.93 bits per heavy atom. The van der Waals surface area contributed by atoms with Crippen molar-refractivity contribution in [1.82, 2.24) is 4.90 Å². The van der Waals surface area contributed by atoms with Gasteiger partial charge in [-0.1, -0.05) is 19.9 Å². The van der Waals surface area contributed by atoms with Crippen molar-refractivity contribution in [3.8, 4) is 0 Å². The standard InChI is InChI=1S/C11H19NO3/c1-4-7-12(8-10(13)14)11(15)9(5-2)6-3/h4,9H,1,5-8H2,2-3H3,(H,13,14). The highest BCUT2D eigenvalue weighted by Crippen LogP contribution is 2.11. The molecular weight excluding hydrogens is 194 g/mol. The molecule has 0 aromatic rings. The summed E-state index contributed by atoms with van der Waals surface area (Å²) in [7, 11) is 0. The minimum absolute atomic E-state index is 0.0794. The molecular formula is C11H19NO3. The zero-order chi connectivity index (χ0) is 11.8. The Morgan fingerprint density at radius 3 is 2.27 bits per heavy atom. The summed E-state index contributed by atoms with van der Waals surface area (Å²) < 4.78 is 0. The molecule has 0 spiro atoms. The lowest BCUT2D eigenvalue weighted by Gasteiger charge is -2.23. The van der Waals surface area contributed by atoms with E-state index in [2.05, 4.69) is 6.58 Å². The molecule has 0 fully saturated rings. The summed E-state index contributed by atoms with van der Waals surface area (Å²) in [5.74, 6) is -1.16. The minimum Gasteiger partial charge on any atom is -0.480 e. The Hall–Kier alpha value is -1.32. The van der Waals surface area contributed by atoms with Gasteiger partial charge in [-0.25, -0.2) is 0 Å². The number of amides is 1. The molecule has 0 rings (SSSR count). The first-order valence-electron chi connectivity index (χ1n) is 5.18. The van der Waals surface area contributed by atoms with Crippen LogP contribution in [0.15, 0.2) is 12.7 Å². The fourth-order valence-electron chi connectivity index (χ4n) is 1.45. The molecule has 0 aliphatic carbocycles. The maximum absolute atomic E-state index is 11.8. The largest absolute Gasteiger partial charge is 0.480 e. The Labute approximate surface area is 90.6 Å². The predicted octanol–water partition coefficient (Wildman–Crippen LogP) is 1.52. The number of hydrogen-bond acceptors (Lipinski definition) is 2. The quantitative estimate of drug-likeness (QED) is 0.652. The first-order valence-corrected chi connectivity index (χ1v) is 5.18. The number of aliphatic carboxylic acids is 1. The molecule has 4 heteroatoms. The molecule has 0 unspecified atom stereocenters. The molecule has 1 amide bonds. The van der Waals surface area contributed by atoms with Crippen molar-refractivity contribution in [2.75, 3.05) is 13.1 Å². The molecule has 0 radical (unpaired) electrons. The molecule has 0 atom stereocenters. The van der Waals surface area contributed by atoms with E-state index in [-0.39, 0.29) is 18.4 Å². The van der Waals surface area contributed by atoms with Gasteiger partial charge < -0.3 is 10.0 Å². The Kier molecular flexibility index (Phi) is 6.42. The third-order valence-electron chi connectivity index (χ3n) is 2.32. The topological polar surface area (TPSA) is 57.6 Å². The lowest BCUT2D eigenvalue weighted by Crippen LogP contribution is -2.39. The van der Waals surface area contributed by atoms with Crippen molar-refractivity contribution in [3.05, 3.63) is 12.7 Å². The number of hydrogen-bond donors (Lipinski definition) is 1. The minimum atomic E-state index is -0.990. The molecule has 0 bridgehead atoms. The number of nitrogens with zero attached hydrogens (tertiary/aromatic N) is 1. The molecule has 1 N–H and O–H groups in total. The van der Waals surface area contributed by atoms with Gasteiger partial charge in [-0.15, -0.1) is 6.58 Å². The molecule has 0 aliphatic heterocycles. The van der Waals surface area contributed by atoms with Gasteiger partial charge in [-0.2, -0.15) is 0 Å². The Morgan fingerprint density at radius 1 is 1.40 bits per heavy atom. The maximum atomic E-state index is 11.8. The molecule has 0 saturated heterocycles. The van der Waals surface area contributed by atoms with E-state index in [0.29, 0.717) is 6.54 Å². The highest BCUT2D eigenvalue weighted by molar-refractivity contribution is 5.83. The van der Waals surface area contributed by atoms with Gasteiger partial charge in [0, 0.05) is 12.5 Å². The fourth-order valence-corrected chi connectivity index (χ4v) is 1.45. The Bertz CT molecular complexity index is 234. The van der Waals surface area contributed by atoms with E-state index in [4.69, 9.17) is 5.11 Å². The van der Waals surface area contributed by atoms with E-state index >= 15 is 0 Å². The van der Waals surface area contributed by atoms with Gasteiger partial charge in [0.15, 0.2) is 0 Å². The van der Waals surface area contributed by atoms with Crippen LogP contribution in [0.4, 0.5) is 0 Å². The average Bonchev–Trinajstić information content (AvgIpc) is 2.18. The summed E-state index contributed by atoms with van der Waals surface area (Å²) in [5.41, 5.74) is 0. The lowest BCUT2D eigenvalue weighted by molar-refractivity contribution is -0.146. The van der Waals surface area contributed by atoms with Crippen molar-refractivity contribution in [1.29, 1.82) is 0 Å². The van der Waals surface area contributed by atoms with Crippen LogP contribution in [0, 0.1) is 5.92 Å². The van der Waals surface area contributed by atoms with Crippen molar-refractivity contribution in [3.63, 3.8) is 0 Å². The van der Waals surface area contributed by atoms with Crippen molar-refractivity contribution >= 4 is 11.9 Å².